The highest BCUT2D eigenvalue weighted by atomic mass is 16.5. The minimum Gasteiger partial charge on any atom is -0.370 e. The van der Waals surface area contributed by atoms with Crippen molar-refractivity contribution >= 4 is 11.8 Å². The summed E-state index contributed by atoms with van der Waals surface area (Å²) in [5.74, 6) is -0.0668. The fourth-order valence-corrected chi connectivity index (χ4v) is 4.57. The maximum absolute atomic E-state index is 13.0. The molecule has 1 aromatic carbocycles. The van der Waals surface area contributed by atoms with Gasteiger partial charge < -0.3 is 15.0 Å². The quantitative estimate of drug-likeness (QED) is 0.822. The Kier molecular flexibility index (Phi) is 5.64. The van der Waals surface area contributed by atoms with Crippen molar-refractivity contribution in [3.63, 3.8) is 0 Å². The smallest absolute Gasteiger partial charge is 0.272 e. The number of rotatable bonds is 3. The van der Waals surface area contributed by atoms with Gasteiger partial charge >= 0.3 is 0 Å². The van der Waals surface area contributed by atoms with Gasteiger partial charge in [0.2, 0.25) is 0 Å². The molecule has 2 aliphatic heterocycles. The first-order valence-electron chi connectivity index (χ1n) is 11.1. The lowest BCUT2D eigenvalue weighted by Crippen LogP contribution is -2.50. The molecule has 7 nitrogen and oxygen atoms in total. The van der Waals surface area contributed by atoms with E-state index in [1.54, 1.807) is 0 Å². The molecule has 166 valence electrons. The van der Waals surface area contributed by atoms with Gasteiger partial charge in [0, 0.05) is 49.4 Å². The van der Waals surface area contributed by atoms with Crippen LogP contribution in [0.25, 0.3) is 0 Å². The minimum absolute atomic E-state index is 0.0557. The van der Waals surface area contributed by atoms with Crippen LogP contribution in [-0.2, 0) is 24.8 Å². The normalized spacial score (nSPS) is 17.7. The molecule has 0 atom stereocenters. The first-order chi connectivity index (χ1) is 14.7. The van der Waals surface area contributed by atoms with E-state index in [2.05, 4.69) is 17.3 Å². The molecule has 3 heterocycles. The molecular formula is C24H32N4O3. The summed E-state index contributed by atoms with van der Waals surface area (Å²) in [5.41, 5.74) is 5.19. The van der Waals surface area contributed by atoms with Gasteiger partial charge in [-0.15, -0.1) is 0 Å². The monoisotopic (exact) mass is 424 g/mol. The number of carbonyl (C=O) groups excluding carboxylic acids is 2. The highest BCUT2D eigenvalue weighted by Gasteiger charge is 2.42. The molecule has 0 aliphatic carbocycles. The molecule has 1 fully saturated rings. The van der Waals surface area contributed by atoms with E-state index in [0.29, 0.717) is 31.8 Å². The number of hydrogen-bond donors (Lipinski definition) is 1. The molecule has 1 spiro atoms. The SMILES string of the molecule is Cc1ccc(C(=O)N2CCC3(CC2)Cc2c(c(C(=O)NC(C)C)nn2C)CO3)cc1C. The summed E-state index contributed by atoms with van der Waals surface area (Å²) in [5, 5.41) is 7.40. The largest absolute Gasteiger partial charge is 0.370 e. The van der Waals surface area contributed by atoms with Crippen molar-refractivity contribution in [1.82, 2.24) is 20.0 Å². The lowest BCUT2D eigenvalue weighted by atomic mass is 9.83. The molecule has 1 saturated heterocycles. The average Bonchev–Trinajstić information content (AvgIpc) is 3.05. The van der Waals surface area contributed by atoms with Gasteiger partial charge in [0.1, 0.15) is 0 Å². The number of nitrogens with one attached hydrogen (secondary N) is 1. The maximum Gasteiger partial charge on any atom is 0.272 e. The summed E-state index contributed by atoms with van der Waals surface area (Å²) in [6, 6.07) is 5.96. The van der Waals surface area contributed by atoms with Crippen molar-refractivity contribution in [2.75, 3.05) is 13.1 Å². The van der Waals surface area contributed by atoms with E-state index >= 15 is 0 Å². The van der Waals surface area contributed by atoms with Crippen LogP contribution >= 0.6 is 0 Å². The molecule has 31 heavy (non-hydrogen) atoms. The molecule has 1 N–H and O–H groups in total. The van der Waals surface area contributed by atoms with Gasteiger partial charge in [-0.1, -0.05) is 6.07 Å². The van der Waals surface area contributed by atoms with Crippen molar-refractivity contribution < 1.29 is 14.3 Å². The second-order valence-corrected chi connectivity index (χ2v) is 9.27. The molecule has 2 aromatic rings. The van der Waals surface area contributed by atoms with Crippen LogP contribution in [-0.4, -0.2) is 51.2 Å². The third-order valence-electron chi connectivity index (χ3n) is 6.64. The van der Waals surface area contributed by atoms with E-state index in [0.717, 1.165) is 35.2 Å². The van der Waals surface area contributed by atoms with Gasteiger partial charge in [-0.25, -0.2) is 0 Å². The van der Waals surface area contributed by atoms with Crippen LogP contribution in [0, 0.1) is 13.8 Å². The Hall–Kier alpha value is -2.67. The van der Waals surface area contributed by atoms with Crippen molar-refractivity contribution in [3.05, 3.63) is 51.8 Å². The number of benzene rings is 1. The summed E-state index contributed by atoms with van der Waals surface area (Å²) in [6.45, 7) is 9.68. The molecule has 0 unspecified atom stereocenters. The number of aromatic nitrogens is 2. The molecule has 0 radical (unpaired) electrons. The van der Waals surface area contributed by atoms with E-state index in [9.17, 15) is 9.59 Å². The van der Waals surface area contributed by atoms with E-state index in [-0.39, 0.29) is 23.5 Å². The second-order valence-electron chi connectivity index (χ2n) is 9.27. The first kappa shape index (κ1) is 21.6. The first-order valence-corrected chi connectivity index (χ1v) is 11.1. The molecule has 0 bridgehead atoms. The Morgan fingerprint density at radius 3 is 2.52 bits per heavy atom. The van der Waals surface area contributed by atoms with Crippen molar-refractivity contribution in [2.45, 2.75) is 65.2 Å². The lowest BCUT2D eigenvalue weighted by molar-refractivity contribution is -0.0990. The van der Waals surface area contributed by atoms with Crippen LogP contribution in [0.5, 0.6) is 0 Å². The molecule has 2 aliphatic rings. The number of ether oxygens (including phenoxy) is 1. The Balaban J connectivity index is 1.46. The third kappa shape index (κ3) is 4.11. The number of carbonyl (C=O) groups is 2. The summed E-state index contributed by atoms with van der Waals surface area (Å²) >= 11 is 0. The molecule has 0 saturated carbocycles. The summed E-state index contributed by atoms with van der Waals surface area (Å²) in [7, 11) is 1.89. The Morgan fingerprint density at radius 2 is 1.87 bits per heavy atom. The average molecular weight is 425 g/mol. The predicted molar refractivity (Wildman–Crippen MR) is 118 cm³/mol. The van der Waals surface area contributed by atoms with Gasteiger partial charge in [0.05, 0.1) is 12.2 Å². The Morgan fingerprint density at radius 1 is 1.16 bits per heavy atom. The number of fused-ring (bicyclic) bond motifs is 1. The van der Waals surface area contributed by atoms with Gasteiger partial charge in [-0.05, 0) is 63.8 Å². The standard InChI is InChI=1S/C24H32N4O3/c1-15(2)25-22(29)21-19-14-31-24(13-20(19)27(5)26-21)8-10-28(11-9-24)23(30)18-7-6-16(3)17(4)12-18/h6-7,12,15H,8-11,13-14H2,1-5H3,(H,25,29). The Labute approximate surface area is 183 Å². The van der Waals surface area contributed by atoms with Crippen LogP contribution in [0.3, 0.4) is 0 Å². The van der Waals surface area contributed by atoms with Crippen LogP contribution in [0.1, 0.15) is 69.9 Å². The number of likely N-dealkylation sites (tertiary alicyclic amines) is 1. The summed E-state index contributed by atoms with van der Waals surface area (Å²) < 4.78 is 8.16. The van der Waals surface area contributed by atoms with Crippen molar-refractivity contribution in [1.29, 1.82) is 0 Å². The fraction of sp³-hybridized carbons (Fsp3) is 0.542. The van der Waals surface area contributed by atoms with Gasteiger partial charge in [-0.3, -0.25) is 14.3 Å². The number of amides is 2. The van der Waals surface area contributed by atoms with E-state index < -0.39 is 0 Å². The Bertz CT molecular complexity index is 1020. The van der Waals surface area contributed by atoms with Crippen LogP contribution < -0.4 is 5.32 Å². The third-order valence-corrected chi connectivity index (χ3v) is 6.64. The van der Waals surface area contributed by atoms with Crippen LogP contribution in [0.2, 0.25) is 0 Å². The lowest BCUT2D eigenvalue weighted by Gasteiger charge is -2.44. The summed E-state index contributed by atoms with van der Waals surface area (Å²) in [6.07, 6.45) is 2.27. The highest BCUT2D eigenvalue weighted by molar-refractivity contribution is 5.95. The van der Waals surface area contributed by atoms with E-state index in [4.69, 9.17) is 4.74 Å². The molecule has 4 rings (SSSR count). The molecular weight excluding hydrogens is 392 g/mol. The van der Waals surface area contributed by atoms with E-state index in [1.807, 2.05) is 55.6 Å². The highest BCUT2D eigenvalue weighted by Crippen LogP contribution is 2.37. The van der Waals surface area contributed by atoms with Crippen LogP contribution in [0.15, 0.2) is 18.2 Å². The van der Waals surface area contributed by atoms with Crippen LogP contribution in [0.4, 0.5) is 0 Å². The fourth-order valence-electron chi connectivity index (χ4n) is 4.57. The molecule has 7 heteroatoms. The number of aryl methyl sites for hydroxylation is 3. The topological polar surface area (TPSA) is 76.5 Å². The number of nitrogens with zero attached hydrogens (tertiary/aromatic N) is 3. The minimum atomic E-state index is -0.299. The van der Waals surface area contributed by atoms with Crippen molar-refractivity contribution in [2.24, 2.45) is 7.05 Å². The van der Waals surface area contributed by atoms with Gasteiger partial charge in [-0.2, -0.15) is 5.10 Å². The predicted octanol–water partition coefficient (Wildman–Crippen LogP) is 2.92. The zero-order chi connectivity index (χ0) is 22.3. The second kappa shape index (κ2) is 8.11. The zero-order valence-corrected chi connectivity index (χ0v) is 19.1. The molecule has 1 aromatic heterocycles. The van der Waals surface area contributed by atoms with Crippen molar-refractivity contribution in [3.8, 4) is 0 Å². The van der Waals surface area contributed by atoms with Gasteiger partial charge in [0.25, 0.3) is 11.8 Å². The van der Waals surface area contributed by atoms with Gasteiger partial charge in [0.15, 0.2) is 5.69 Å². The number of hydrogen-bond acceptors (Lipinski definition) is 4. The maximum atomic E-state index is 13.0. The number of piperidine rings is 1. The van der Waals surface area contributed by atoms with E-state index in [1.165, 1.54) is 5.56 Å². The summed E-state index contributed by atoms with van der Waals surface area (Å²) in [4.78, 5) is 27.4. The zero-order valence-electron chi connectivity index (χ0n) is 19.1. The molecule has 2 amide bonds.